The maximum Gasteiger partial charge on any atom is 0.480 e. The van der Waals surface area contributed by atoms with Crippen LogP contribution in [0.25, 0.3) is 6.08 Å². The van der Waals surface area contributed by atoms with Crippen LogP contribution in [0.3, 0.4) is 0 Å². The Morgan fingerprint density at radius 2 is 2.00 bits per heavy atom. The quantitative estimate of drug-likeness (QED) is 0.603. The number of ether oxygens (including phenoxy) is 2. The second-order valence-corrected chi connectivity index (χ2v) is 4.38. The number of hydrogen-bond acceptors (Lipinski definition) is 5. The maximum absolute atomic E-state index is 11.9. The van der Waals surface area contributed by atoms with E-state index in [0.29, 0.717) is 11.3 Å². The van der Waals surface area contributed by atoms with Gasteiger partial charge in [0.1, 0.15) is 11.3 Å². The van der Waals surface area contributed by atoms with Gasteiger partial charge in [-0.1, -0.05) is 24.2 Å². The molecule has 94 valence electrons. The van der Waals surface area contributed by atoms with Gasteiger partial charge in [0, 0.05) is 13.8 Å². The molecular weight excluding hydrogens is 235 g/mol. The number of benzene rings is 1. The number of esters is 1. The number of rotatable bonds is 2. The van der Waals surface area contributed by atoms with Gasteiger partial charge in [-0.15, -0.1) is 0 Å². The Labute approximate surface area is 105 Å². The van der Waals surface area contributed by atoms with Crippen molar-refractivity contribution >= 4 is 19.2 Å². The van der Waals surface area contributed by atoms with Gasteiger partial charge in [-0.05, 0) is 11.6 Å². The minimum absolute atomic E-state index is 0.286. The molecule has 0 bridgehead atoms. The first-order valence-electron chi connectivity index (χ1n) is 5.49. The fourth-order valence-corrected chi connectivity index (χ4v) is 1.74. The van der Waals surface area contributed by atoms with Crippen molar-refractivity contribution in [3.05, 3.63) is 35.3 Å². The highest BCUT2D eigenvalue weighted by Gasteiger charge is 2.34. The van der Waals surface area contributed by atoms with Crippen LogP contribution in [0.15, 0.2) is 24.2 Å². The zero-order valence-corrected chi connectivity index (χ0v) is 10.1. The van der Waals surface area contributed by atoms with E-state index < -0.39 is 18.9 Å². The van der Waals surface area contributed by atoms with Gasteiger partial charge in [-0.2, -0.15) is 0 Å². The van der Waals surface area contributed by atoms with Crippen molar-refractivity contribution in [2.75, 3.05) is 0 Å². The van der Waals surface area contributed by atoms with E-state index in [-0.39, 0.29) is 5.56 Å². The van der Waals surface area contributed by atoms with E-state index in [9.17, 15) is 4.79 Å². The van der Waals surface area contributed by atoms with Gasteiger partial charge in [0.05, 0.1) is 0 Å². The van der Waals surface area contributed by atoms with Crippen molar-refractivity contribution in [1.82, 2.24) is 0 Å². The average molecular weight is 248 g/mol. The highest BCUT2D eigenvalue weighted by atomic mass is 16.7. The number of hydrogen-bond donors (Lipinski definition) is 2. The standard InChI is InChI=1S/C12H13BO5/c1-12(2)17-9-5-3-4-8(6-7-13(15)16)10(9)11(14)18-12/h3-7,15-16H,1-2H3/b7-6+. The summed E-state index contributed by atoms with van der Waals surface area (Å²) in [6.07, 6.45) is 1.44. The van der Waals surface area contributed by atoms with Crippen LogP contribution in [0.4, 0.5) is 0 Å². The van der Waals surface area contributed by atoms with E-state index in [2.05, 4.69) is 0 Å². The maximum atomic E-state index is 11.9. The molecule has 2 N–H and O–H groups in total. The van der Waals surface area contributed by atoms with Gasteiger partial charge in [-0.25, -0.2) is 4.79 Å². The summed E-state index contributed by atoms with van der Waals surface area (Å²) < 4.78 is 10.7. The van der Waals surface area contributed by atoms with Gasteiger partial charge < -0.3 is 19.5 Å². The molecule has 5 nitrogen and oxygen atoms in total. The predicted molar refractivity (Wildman–Crippen MR) is 65.8 cm³/mol. The van der Waals surface area contributed by atoms with Crippen LogP contribution in [0.1, 0.15) is 29.8 Å². The summed E-state index contributed by atoms with van der Waals surface area (Å²) >= 11 is 0. The Bertz CT molecular complexity index is 507. The largest absolute Gasteiger partial charge is 0.480 e. The second-order valence-electron chi connectivity index (χ2n) is 4.38. The molecular formula is C12H13BO5. The lowest BCUT2D eigenvalue weighted by Gasteiger charge is -2.32. The molecule has 0 radical (unpaired) electrons. The van der Waals surface area contributed by atoms with E-state index in [1.54, 1.807) is 32.0 Å². The van der Waals surface area contributed by atoms with E-state index in [4.69, 9.17) is 19.5 Å². The minimum Gasteiger partial charge on any atom is -0.452 e. The summed E-state index contributed by atoms with van der Waals surface area (Å²) in [5.41, 5.74) is 0.801. The monoisotopic (exact) mass is 248 g/mol. The lowest BCUT2D eigenvalue weighted by atomic mass is 9.90. The zero-order valence-electron chi connectivity index (χ0n) is 10.1. The SMILES string of the molecule is CC1(C)OC(=O)c2c(/C=C/B(O)O)cccc2O1. The Morgan fingerprint density at radius 1 is 1.28 bits per heavy atom. The first kappa shape index (κ1) is 12.7. The Balaban J connectivity index is 2.45. The van der Waals surface area contributed by atoms with Gasteiger partial charge >= 0.3 is 13.1 Å². The molecule has 1 aliphatic rings. The van der Waals surface area contributed by atoms with Crippen LogP contribution in [0, 0.1) is 0 Å². The van der Waals surface area contributed by atoms with Crippen LogP contribution in [0.5, 0.6) is 5.75 Å². The summed E-state index contributed by atoms with van der Waals surface area (Å²) in [6, 6.07) is 5.06. The fraction of sp³-hybridized carbons (Fsp3) is 0.250. The molecule has 0 saturated heterocycles. The Hall–Kier alpha value is -1.79. The van der Waals surface area contributed by atoms with Gasteiger partial charge in [0.15, 0.2) is 0 Å². The van der Waals surface area contributed by atoms with Crippen molar-refractivity contribution in [1.29, 1.82) is 0 Å². The smallest absolute Gasteiger partial charge is 0.452 e. The van der Waals surface area contributed by atoms with Crippen molar-refractivity contribution in [2.45, 2.75) is 19.6 Å². The molecule has 1 aliphatic heterocycles. The Kier molecular flexibility index (Phi) is 3.15. The summed E-state index contributed by atoms with van der Waals surface area (Å²) in [5, 5.41) is 17.6. The lowest BCUT2D eigenvalue weighted by molar-refractivity contribution is -0.127. The van der Waals surface area contributed by atoms with Crippen molar-refractivity contribution in [3.8, 4) is 5.75 Å². The Morgan fingerprint density at radius 3 is 2.67 bits per heavy atom. The molecule has 0 amide bonds. The molecule has 2 rings (SSSR count). The molecule has 0 atom stereocenters. The number of fused-ring (bicyclic) bond motifs is 1. The predicted octanol–water partition coefficient (Wildman–Crippen LogP) is 0.997. The normalized spacial score (nSPS) is 17.0. The zero-order chi connectivity index (χ0) is 13.3. The number of carbonyl (C=O) groups excluding carboxylic acids is 1. The van der Waals surface area contributed by atoms with Crippen LogP contribution >= 0.6 is 0 Å². The minimum atomic E-state index is -1.57. The molecule has 6 heteroatoms. The topological polar surface area (TPSA) is 76.0 Å². The van der Waals surface area contributed by atoms with Gasteiger partial charge in [0.25, 0.3) is 0 Å². The van der Waals surface area contributed by atoms with Crippen LogP contribution in [-0.4, -0.2) is 28.9 Å². The highest BCUT2D eigenvalue weighted by Crippen LogP contribution is 2.33. The summed E-state index contributed by atoms with van der Waals surface area (Å²) in [7, 11) is -1.57. The third kappa shape index (κ3) is 2.55. The molecule has 1 heterocycles. The van der Waals surface area contributed by atoms with Crippen molar-refractivity contribution in [2.24, 2.45) is 0 Å². The van der Waals surface area contributed by atoms with Crippen molar-refractivity contribution < 1.29 is 24.3 Å². The van der Waals surface area contributed by atoms with Gasteiger partial charge in [0.2, 0.25) is 5.79 Å². The van der Waals surface area contributed by atoms with E-state index >= 15 is 0 Å². The van der Waals surface area contributed by atoms with E-state index in [0.717, 1.165) is 5.98 Å². The third-order valence-corrected chi connectivity index (χ3v) is 2.40. The molecule has 0 aromatic heterocycles. The summed E-state index contributed by atoms with van der Waals surface area (Å²) in [6.45, 7) is 3.29. The first-order valence-corrected chi connectivity index (χ1v) is 5.49. The molecule has 0 fully saturated rings. The molecule has 0 aliphatic carbocycles. The second kappa shape index (κ2) is 4.47. The third-order valence-electron chi connectivity index (χ3n) is 2.40. The number of cyclic esters (lactones) is 1. The molecule has 0 unspecified atom stereocenters. The van der Waals surface area contributed by atoms with Gasteiger partial charge in [-0.3, -0.25) is 0 Å². The van der Waals surface area contributed by atoms with Crippen LogP contribution in [0.2, 0.25) is 0 Å². The lowest BCUT2D eigenvalue weighted by Crippen LogP contribution is -2.39. The van der Waals surface area contributed by atoms with Crippen LogP contribution < -0.4 is 4.74 Å². The van der Waals surface area contributed by atoms with Crippen LogP contribution in [-0.2, 0) is 4.74 Å². The molecule has 0 spiro atoms. The van der Waals surface area contributed by atoms with E-state index in [1.165, 1.54) is 6.08 Å². The van der Waals surface area contributed by atoms with E-state index in [1.807, 2.05) is 0 Å². The summed E-state index contributed by atoms with van der Waals surface area (Å²) in [5.74, 6) is 0.0886. The fourth-order valence-electron chi connectivity index (χ4n) is 1.74. The summed E-state index contributed by atoms with van der Waals surface area (Å²) in [4.78, 5) is 11.9. The average Bonchev–Trinajstić information content (AvgIpc) is 2.23. The highest BCUT2D eigenvalue weighted by molar-refractivity contribution is 6.48. The molecule has 1 aromatic rings. The first-order chi connectivity index (χ1) is 8.39. The number of carbonyl (C=O) groups is 1. The molecule has 18 heavy (non-hydrogen) atoms. The van der Waals surface area contributed by atoms with Crippen molar-refractivity contribution in [3.63, 3.8) is 0 Å². The molecule has 0 saturated carbocycles. The molecule has 1 aromatic carbocycles.